The van der Waals surface area contributed by atoms with Crippen LogP contribution in [-0.2, 0) is 11.4 Å². The van der Waals surface area contributed by atoms with E-state index in [0.717, 1.165) is 31.2 Å². The first-order valence-corrected chi connectivity index (χ1v) is 7.11. The number of aliphatic hydroxyl groups excluding tert-OH is 1. The van der Waals surface area contributed by atoms with Crippen molar-refractivity contribution in [2.75, 3.05) is 6.54 Å². The highest BCUT2D eigenvalue weighted by molar-refractivity contribution is 5.72. The largest absolute Gasteiger partial charge is 0.393 e. The van der Waals surface area contributed by atoms with Gasteiger partial charge < -0.3 is 10.4 Å². The molecule has 0 saturated heterocycles. The van der Waals surface area contributed by atoms with E-state index in [2.05, 4.69) is 10.8 Å². The van der Waals surface area contributed by atoms with Gasteiger partial charge in [0, 0.05) is 6.54 Å². The predicted molar refractivity (Wildman–Crippen MR) is 75.7 cm³/mol. The molecule has 1 saturated carbocycles. The van der Waals surface area contributed by atoms with Gasteiger partial charge in [0.1, 0.15) is 0 Å². The van der Waals surface area contributed by atoms with Gasteiger partial charge in [-0.2, -0.15) is 0 Å². The van der Waals surface area contributed by atoms with Crippen LogP contribution in [-0.4, -0.2) is 23.8 Å². The van der Waals surface area contributed by atoms with Gasteiger partial charge in [-0.3, -0.25) is 4.84 Å². The second-order valence-corrected chi connectivity index (χ2v) is 5.27. The smallest absolute Gasteiger partial charge is 0.338 e. The molecule has 2 unspecified atom stereocenters. The van der Waals surface area contributed by atoms with E-state index in [9.17, 15) is 9.90 Å². The summed E-state index contributed by atoms with van der Waals surface area (Å²) in [4.78, 5) is 16.7. The first-order chi connectivity index (χ1) is 9.74. The van der Waals surface area contributed by atoms with Crippen LogP contribution in [0.2, 0.25) is 0 Å². The Morgan fingerprint density at radius 2 is 2.10 bits per heavy atom. The molecule has 2 atom stereocenters. The Labute approximate surface area is 119 Å². The summed E-state index contributed by atoms with van der Waals surface area (Å²) in [6, 6.07) is 9.31. The van der Waals surface area contributed by atoms with Gasteiger partial charge in [0.25, 0.3) is 0 Å². The second-order valence-electron chi connectivity index (χ2n) is 5.27. The van der Waals surface area contributed by atoms with Gasteiger partial charge in [0.05, 0.1) is 12.7 Å². The molecule has 110 valence electrons. The van der Waals surface area contributed by atoms with Gasteiger partial charge in [-0.05, 0) is 30.7 Å². The van der Waals surface area contributed by atoms with E-state index in [1.807, 2.05) is 30.3 Å². The highest BCUT2D eigenvalue weighted by Gasteiger charge is 2.20. The molecule has 0 radical (unpaired) electrons. The summed E-state index contributed by atoms with van der Waals surface area (Å²) in [6.45, 7) is 0.925. The van der Waals surface area contributed by atoms with Crippen LogP contribution in [0, 0.1) is 5.92 Å². The molecule has 1 aliphatic rings. The molecule has 1 fully saturated rings. The second kappa shape index (κ2) is 7.87. The molecule has 1 aromatic rings. The Morgan fingerprint density at radius 3 is 2.85 bits per heavy atom. The molecule has 2 amide bonds. The molecule has 0 heterocycles. The predicted octanol–water partition coefficient (Wildman–Crippen LogP) is 1.97. The molecule has 0 aromatic heterocycles. The summed E-state index contributed by atoms with van der Waals surface area (Å²) in [5, 5.41) is 12.3. The molecule has 1 aromatic carbocycles. The quantitative estimate of drug-likeness (QED) is 0.721. The van der Waals surface area contributed by atoms with Gasteiger partial charge in [-0.1, -0.05) is 36.8 Å². The van der Waals surface area contributed by atoms with Gasteiger partial charge in [0.15, 0.2) is 0 Å². The number of carbonyl (C=O) groups excluding carboxylic acids is 1. The molecule has 2 rings (SSSR count). The lowest BCUT2D eigenvalue weighted by molar-refractivity contribution is 0.0478. The standard InChI is InChI=1S/C15H22N2O3/c18-14-8-4-7-13(9-14)10-16-15(19)17-20-11-12-5-2-1-3-6-12/h1-3,5-6,13-14,18H,4,7-11H2,(H2,16,17,19). The maximum Gasteiger partial charge on any atom is 0.338 e. The molecule has 5 nitrogen and oxygen atoms in total. The number of hydroxylamine groups is 1. The minimum atomic E-state index is -0.332. The van der Waals surface area contributed by atoms with Gasteiger partial charge in [0.2, 0.25) is 0 Å². The van der Waals surface area contributed by atoms with Crippen molar-refractivity contribution in [1.29, 1.82) is 0 Å². The van der Waals surface area contributed by atoms with Crippen LogP contribution in [0.25, 0.3) is 0 Å². The third-order valence-electron chi connectivity index (χ3n) is 3.55. The maximum absolute atomic E-state index is 11.5. The van der Waals surface area contributed by atoms with E-state index in [0.29, 0.717) is 19.1 Å². The number of benzene rings is 1. The normalized spacial score (nSPS) is 22.2. The fourth-order valence-corrected chi connectivity index (χ4v) is 2.48. The molecule has 5 heteroatoms. The van der Waals surface area contributed by atoms with Crippen molar-refractivity contribution in [2.45, 2.75) is 38.4 Å². The van der Waals surface area contributed by atoms with Crippen molar-refractivity contribution in [3.8, 4) is 0 Å². The van der Waals surface area contributed by atoms with Crippen LogP contribution in [0.15, 0.2) is 30.3 Å². The van der Waals surface area contributed by atoms with E-state index in [-0.39, 0.29) is 12.1 Å². The number of rotatable bonds is 5. The first kappa shape index (κ1) is 14.8. The van der Waals surface area contributed by atoms with Crippen molar-refractivity contribution >= 4 is 6.03 Å². The highest BCUT2D eigenvalue weighted by atomic mass is 16.7. The van der Waals surface area contributed by atoms with Gasteiger partial charge in [-0.15, -0.1) is 0 Å². The Kier molecular flexibility index (Phi) is 5.83. The van der Waals surface area contributed by atoms with E-state index in [1.165, 1.54) is 0 Å². The fourth-order valence-electron chi connectivity index (χ4n) is 2.48. The number of urea groups is 1. The number of amides is 2. The van der Waals surface area contributed by atoms with Crippen LogP contribution in [0.3, 0.4) is 0 Å². The molecule has 0 bridgehead atoms. The Morgan fingerprint density at radius 1 is 1.30 bits per heavy atom. The molecule has 20 heavy (non-hydrogen) atoms. The summed E-state index contributed by atoms with van der Waals surface area (Å²) >= 11 is 0. The topological polar surface area (TPSA) is 70.6 Å². The van der Waals surface area contributed by atoms with Gasteiger partial charge >= 0.3 is 6.03 Å². The monoisotopic (exact) mass is 278 g/mol. The summed E-state index contributed by atoms with van der Waals surface area (Å²) in [7, 11) is 0. The van der Waals surface area contributed by atoms with Crippen LogP contribution in [0.1, 0.15) is 31.2 Å². The molecule has 0 spiro atoms. The molecular formula is C15H22N2O3. The zero-order chi connectivity index (χ0) is 14.2. The van der Waals surface area contributed by atoms with Crippen LogP contribution in [0.5, 0.6) is 0 Å². The Bertz CT molecular complexity index is 411. The van der Waals surface area contributed by atoms with E-state index in [4.69, 9.17) is 4.84 Å². The van der Waals surface area contributed by atoms with E-state index < -0.39 is 0 Å². The highest BCUT2D eigenvalue weighted by Crippen LogP contribution is 2.23. The average molecular weight is 278 g/mol. The first-order valence-electron chi connectivity index (χ1n) is 7.11. The van der Waals surface area contributed by atoms with Crippen molar-refractivity contribution in [3.05, 3.63) is 35.9 Å². The van der Waals surface area contributed by atoms with E-state index >= 15 is 0 Å². The Balaban J connectivity index is 1.58. The number of aliphatic hydroxyl groups is 1. The minimum absolute atomic E-state index is 0.215. The average Bonchev–Trinajstić information content (AvgIpc) is 2.46. The third kappa shape index (κ3) is 5.19. The molecular weight excluding hydrogens is 256 g/mol. The molecule has 0 aliphatic heterocycles. The van der Waals surface area contributed by atoms with Crippen LogP contribution >= 0.6 is 0 Å². The zero-order valence-corrected chi connectivity index (χ0v) is 11.5. The SMILES string of the molecule is O=C(NCC1CCCC(O)C1)NOCc1ccccc1. The number of hydrogen-bond donors (Lipinski definition) is 3. The lowest BCUT2D eigenvalue weighted by Crippen LogP contribution is -2.39. The van der Waals surface area contributed by atoms with Crippen LogP contribution < -0.4 is 10.8 Å². The van der Waals surface area contributed by atoms with Crippen LogP contribution in [0.4, 0.5) is 4.79 Å². The van der Waals surface area contributed by atoms with Crippen molar-refractivity contribution in [3.63, 3.8) is 0 Å². The lowest BCUT2D eigenvalue weighted by atomic mass is 9.87. The molecule has 3 N–H and O–H groups in total. The summed E-state index contributed by atoms with van der Waals surface area (Å²) < 4.78 is 0. The maximum atomic E-state index is 11.5. The molecule has 1 aliphatic carbocycles. The lowest BCUT2D eigenvalue weighted by Gasteiger charge is -2.25. The van der Waals surface area contributed by atoms with Crippen molar-refractivity contribution in [2.24, 2.45) is 5.92 Å². The fraction of sp³-hybridized carbons (Fsp3) is 0.533. The van der Waals surface area contributed by atoms with Crippen molar-refractivity contribution < 1.29 is 14.7 Å². The summed E-state index contributed by atoms with van der Waals surface area (Å²) in [5.41, 5.74) is 3.37. The Hall–Kier alpha value is -1.59. The van der Waals surface area contributed by atoms with Crippen molar-refractivity contribution in [1.82, 2.24) is 10.8 Å². The van der Waals surface area contributed by atoms with Gasteiger partial charge in [-0.25, -0.2) is 10.3 Å². The summed E-state index contributed by atoms with van der Waals surface area (Å²) in [6.07, 6.45) is 3.52. The number of nitrogens with one attached hydrogen (secondary N) is 2. The zero-order valence-electron chi connectivity index (χ0n) is 11.5. The third-order valence-corrected chi connectivity index (χ3v) is 3.55. The summed E-state index contributed by atoms with van der Waals surface area (Å²) in [5.74, 6) is 0.360. The number of hydrogen-bond acceptors (Lipinski definition) is 3. The van der Waals surface area contributed by atoms with E-state index in [1.54, 1.807) is 0 Å². The number of carbonyl (C=O) groups is 1. The minimum Gasteiger partial charge on any atom is -0.393 e.